The number of halogens is 14. The fourth-order valence-electron chi connectivity index (χ4n) is 3.03. The highest BCUT2D eigenvalue weighted by Crippen LogP contribution is 2.70. The molecule has 1 atom stereocenters. The van der Waals surface area contributed by atoms with Crippen molar-refractivity contribution < 1.29 is 94.1 Å². The molecule has 2 rings (SSSR count). The first-order valence-electron chi connectivity index (χ1n) is 8.13. The lowest BCUT2D eigenvalue weighted by Crippen LogP contribution is -2.94. The summed E-state index contributed by atoms with van der Waals surface area (Å²) >= 11 is 0. The van der Waals surface area contributed by atoms with Crippen molar-refractivity contribution in [1.29, 1.82) is 0 Å². The van der Waals surface area contributed by atoms with E-state index in [-0.39, 0.29) is 24.3 Å². The van der Waals surface area contributed by atoms with Gasteiger partial charge >= 0.3 is 47.6 Å². The van der Waals surface area contributed by atoms with Crippen LogP contribution in [0.2, 0.25) is 0 Å². The Bertz CT molecular complexity index is 1020. The third-order valence-corrected chi connectivity index (χ3v) is 5.48. The quantitative estimate of drug-likeness (QED) is 0.242. The van der Waals surface area contributed by atoms with E-state index >= 15 is 0 Å². The molecule has 0 aliphatic carbocycles. The van der Waals surface area contributed by atoms with Crippen LogP contribution in [0.4, 0.5) is 61.5 Å². The summed E-state index contributed by atoms with van der Waals surface area (Å²) in [5.41, 5.74) is -23.4. The Morgan fingerprint density at radius 1 is 0.694 bits per heavy atom. The van der Waals surface area contributed by atoms with E-state index in [2.05, 4.69) is 14.5 Å². The van der Waals surface area contributed by atoms with Crippen LogP contribution in [0.5, 0.6) is 5.75 Å². The van der Waals surface area contributed by atoms with Crippen LogP contribution in [0.3, 0.4) is 0 Å². The molecule has 1 unspecified atom stereocenters. The van der Waals surface area contributed by atoms with Crippen molar-refractivity contribution in [3.63, 3.8) is 0 Å². The molecule has 1 aliphatic heterocycles. The second kappa shape index (κ2) is 7.91. The van der Waals surface area contributed by atoms with E-state index in [9.17, 15) is 79.5 Å². The van der Waals surface area contributed by atoms with Gasteiger partial charge in [0.1, 0.15) is 15.9 Å². The Morgan fingerprint density at radius 3 is 1.25 bits per heavy atom. The molecule has 22 heteroatoms. The van der Waals surface area contributed by atoms with Crippen LogP contribution in [-0.2, 0) is 19.9 Å². The van der Waals surface area contributed by atoms with Crippen LogP contribution < -0.4 is 4.74 Å². The number of hydrogen-bond donors (Lipinski definition) is 1. The molecule has 0 spiro atoms. The molecular weight excluding hydrogens is 578 g/mol. The summed E-state index contributed by atoms with van der Waals surface area (Å²) in [4.78, 5) is 4.50. The minimum Gasteiger partial charge on any atom is -0.744 e. The molecule has 0 aromatic heterocycles. The average molecular weight is 583 g/mol. The van der Waals surface area contributed by atoms with Gasteiger partial charge in [0.25, 0.3) is 0 Å². The molecule has 0 radical (unpaired) electrons. The van der Waals surface area contributed by atoms with Gasteiger partial charge in [0.05, 0.1) is 4.90 Å². The van der Waals surface area contributed by atoms with Crippen molar-refractivity contribution >= 4 is 10.1 Å². The van der Waals surface area contributed by atoms with Crippen molar-refractivity contribution in [3.05, 3.63) is 24.3 Å². The first-order chi connectivity index (χ1) is 15.6. The van der Waals surface area contributed by atoms with Gasteiger partial charge < -0.3 is 14.4 Å². The van der Waals surface area contributed by atoms with Crippen LogP contribution in [0.1, 0.15) is 0 Å². The largest absolute Gasteiger partial charge is 0.744 e. The summed E-state index contributed by atoms with van der Waals surface area (Å²) in [5, 5.41) is 9.90. The predicted molar refractivity (Wildman–Crippen MR) is 76.8 cm³/mol. The summed E-state index contributed by atoms with van der Waals surface area (Å²) in [6, 6.07) is 0.0953. The zero-order chi connectivity index (χ0) is 28.6. The summed E-state index contributed by atoms with van der Waals surface area (Å²) in [6.07, 6.45) is -31.8. The fraction of sp³-hybridized carbons (Fsp3) is 0.571. The molecule has 1 aromatic carbocycles. The Kier molecular flexibility index (Phi) is 6.61. The number of ether oxygens (including phenoxy) is 1. The third kappa shape index (κ3) is 3.83. The highest BCUT2D eigenvalue weighted by atomic mass is 32.2. The normalized spacial score (nSPS) is 22.2. The Morgan fingerprint density at radius 2 is 1.03 bits per heavy atom. The van der Waals surface area contributed by atoms with Crippen molar-refractivity contribution in [2.75, 3.05) is 0 Å². The van der Waals surface area contributed by atoms with E-state index < -0.39 is 68.4 Å². The van der Waals surface area contributed by atoms with Crippen LogP contribution in [-0.4, -0.2) is 65.7 Å². The maximum Gasteiger partial charge on any atom is 0.435 e. The van der Waals surface area contributed by atoms with Crippen LogP contribution in [0, 0.1) is 0 Å². The van der Waals surface area contributed by atoms with Crippen LogP contribution in [0.25, 0.3) is 0 Å². The fourth-order valence-corrected chi connectivity index (χ4v) is 3.50. The molecule has 1 N–H and O–H groups in total. The molecule has 0 amide bonds. The molecule has 1 saturated heterocycles. The zero-order valence-corrected chi connectivity index (χ0v) is 16.7. The molecule has 208 valence electrons. The summed E-state index contributed by atoms with van der Waals surface area (Å²) in [7, 11) is -5.34. The van der Waals surface area contributed by atoms with E-state index in [1.54, 1.807) is 0 Å². The minimum absolute atomic E-state index is 0.0304. The van der Waals surface area contributed by atoms with Crippen LogP contribution >= 0.6 is 0 Å². The summed E-state index contributed by atoms with van der Waals surface area (Å²) < 4.78 is 225. The van der Waals surface area contributed by atoms with Crippen molar-refractivity contribution in [2.45, 2.75) is 52.5 Å². The van der Waals surface area contributed by atoms with E-state index in [0.29, 0.717) is 0 Å². The van der Waals surface area contributed by atoms with Gasteiger partial charge in [-0.2, -0.15) is 57.6 Å². The lowest BCUT2D eigenvalue weighted by molar-refractivity contribution is -0.711. The first kappa shape index (κ1) is 30.1. The number of benzene rings is 1. The standard InChI is InChI=1S/C14H6F14O7S/c15-7(10(17,18)19,11(20,21)22)9(8(16,12(23,24)25)13(26,27)28)14(29,35-34-9)33-5-1-3-6(4-2-5)36(30,31)32/h1-4,29H,(H,30,31,32)/p-1. The molecule has 1 aromatic rings. The predicted octanol–water partition coefficient (Wildman–Crippen LogP) is 3.98. The van der Waals surface area contributed by atoms with E-state index in [4.69, 9.17) is 0 Å². The molecule has 0 saturated carbocycles. The molecule has 1 heterocycles. The van der Waals surface area contributed by atoms with Crippen molar-refractivity contribution in [2.24, 2.45) is 0 Å². The molecular formula is C14H5F14O7S-. The second-order valence-electron chi connectivity index (χ2n) is 6.77. The van der Waals surface area contributed by atoms with E-state index in [0.717, 1.165) is 0 Å². The van der Waals surface area contributed by atoms with Gasteiger partial charge in [-0.1, -0.05) is 0 Å². The maximum atomic E-state index is 14.8. The van der Waals surface area contributed by atoms with Crippen LogP contribution in [0.15, 0.2) is 29.2 Å². The molecule has 1 aliphatic rings. The van der Waals surface area contributed by atoms with Gasteiger partial charge in [-0.15, -0.1) is 0 Å². The highest BCUT2D eigenvalue weighted by Gasteiger charge is 3.06. The maximum absolute atomic E-state index is 14.8. The summed E-state index contributed by atoms with van der Waals surface area (Å²) in [5.74, 6) is -7.53. The number of hydrogen-bond acceptors (Lipinski definition) is 7. The average Bonchev–Trinajstić information content (AvgIpc) is 2.63. The molecule has 36 heavy (non-hydrogen) atoms. The first-order valence-corrected chi connectivity index (χ1v) is 9.54. The number of rotatable bonds is 5. The van der Waals surface area contributed by atoms with Crippen molar-refractivity contribution in [1.82, 2.24) is 0 Å². The highest BCUT2D eigenvalue weighted by molar-refractivity contribution is 7.85. The lowest BCUT2D eigenvalue weighted by atomic mass is 9.67. The van der Waals surface area contributed by atoms with Gasteiger partial charge in [0.15, 0.2) is 0 Å². The van der Waals surface area contributed by atoms with Gasteiger partial charge in [-0.3, -0.25) is 0 Å². The van der Waals surface area contributed by atoms with Gasteiger partial charge in [-0.05, 0) is 24.3 Å². The Hall–Kier alpha value is -2.17. The second-order valence-corrected chi connectivity index (χ2v) is 8.14. The zero-order valence-electron chi connectivity index (χ0n) is 15.9. The van der Waals surface area contributed by atoms with E-state index in [1.807, 2.05) is 0 Å². The molecule has 0 bridgehead atoms. The van der Waals surface area contributed by atoms with E-state index in [1.165, 1.54) is 0 Å². The smallest absolute Gasteiger partial charge is 0.435 e. The SMILES string of the molecule is O=S(=O)([O-])c1ccc(OC2(O)OOC2(C(F)(C(F)(F)F)C(F)(F)F)C(F)(C(F)(F)F)C(F)(F)F)cc1. The summed E-state index contributed by atoms with van der Waals surface area (Å²) in [6.45, 7) is 0. The Labute approximate surface area is 187 Å². The topological polar surface area (TPSA) is 105 Å². The van der Waals surface area contributed by atoms with Gasteiger partial charge in [0.2, 0.25) is 0 Å². The number of aliphatic hydroxyl groups is 1. The minimum atomic E-state index is -8.07. The molecule has 1 fully saturated rings. The lowest BCUT2D eigenvalue weighted by Gasteiger charge is -2.60. The third-order valence-electron chi connectivity index (χ3n) is 4.63. The monoisotopic (exact) mass is 583 g/mol. The number of alkyl halides is 14. The van der Waals surface area contributed by atoms with Gasteiger partial charge in [-0.25, -0.2) is 22.1 Å². The van der Waals surface area contributed by atoms with Crippen molar-refractivity contribution in [3.8, 4) is 5.75 Å². The molecule has 7 nitrogen and oxygen atoms in total. The van der Waals surface area contributed by atoms with Gasteiger partial charge in [0, 0.05) is 0 Å². The Balaban J connectivity index is 2.97.